The third kappa shape index (κ3) is 1.88. The maximum atomic E-state index is 10.0. The molecule has 3 N–H and O–H groups in total. The van der Waals surface area contributed by atoms with E-state index in [1.54, 1.807) is 26.0 Å². The van der Waals surface area contributed by atoms with Gasteiger partial charge < -0.3 is 25.1 Å². The fourth-order valence-corrected chi connectivity index (χ4v) is 3.25. The first-order valence-electron chi connectivity index (χ1n) is 7.94. The highest BCUT2D eigenvalue weighted by atomic mass is 16.8. The van der Waals surface area contributed by atoms with E-state index in [1.807, 2.05) is 0 Å². The van der Waals surface area contributed by atoms with Crippen LogP contribution in [0.4, 0.5) is 5.82 Å². The molecule has 9 nitrogen and oxygen atoms in total. The lowest BCUT2D eigenvalue weighted by Crippen LogP contribution is -2.40. The Morgan fingerprint density at radius 3 is 2.96 bits per heavy atom. The molecule has 0 aromatic carbocycles. The van der Waals surface area contributed by atoms with Crippen LogP contribution in [0.15, 0.2) is 18.5 Å². The van der Waals surface area contributed by atoms with Gasteiger partial charge in [-0.2, -0.15) is 10.4 Å². The zero-order valence-electron chi connectivity index (χ0n) is 14.1. The molecule has 0 aliphatic carbocycles. The number of rotatable bonds is 2. The van der Waals surface area contributed by atoms with Crippen molar-refractivity contribution in [2.45, 2.75) is 43.5 Å². The summed E-state index contributed by atoms with van der Waals surface area (Å²) in [5.41, 5.74) is 4.72. The topological polar surface area (TPSA) is 128 Å². The number of nitriles is 1. The predicted molar refractivity (Wildman–Crippen MR) is 80.5 cm³/mol. The van der Waals surface area contributed by atoms with Crippen molar-refractivity contribution in [3.8, 4) is 6.07 Å². The average Bonchev–Trinajstić information content (AvgIpc) is 3.15. The lowest BCUT2D eigenvalue weighted by Gasteiger charge is -2.28. The van der Waals surface area contributed by atoms with E-state index in [9.17, 15) is 10.4 Å². The van der Waals surface area contributed by atoms with Crippen LogP contribution in [0.5, 0.6) is 0 Å². The highest BCUT2D eigenvalue weighted by molar-refractivity contribution is 5.66. The van der Waals surface area contributed by atoms with Gasteiger partial charge in [-0.15, -0.1) is 0 Å². The normalized spacial score (nSPS) is 38.0. The zero-order valence-corrected chi connectivity index (χ0v) is 13.1. The van der Waals surface area contributed by atoms with Crippen molar-refractivity contribution in [3.05, 3.63) is 24.2 Å². The molecule has 2 aliphatic heterocycles. The van der Waals surface area contributed by atoms with Crippen LogP contribution >= 0.6 is 0 Å². The van der Waals surface area contributed by atoms with Crippen molar-refractivity contribution in [1.29, 1.82) is 5.26 Å². The fraction of sp³-hybridized carbons (Fsp3) is 0.533. The predicted octanol–water partition coefficient (Wildman–Crippen LogP) is -0.0584. The van der Waals surface area contributed by atoms with Crippen LogP contribution < -0.4 is 5.73 Å². The Morgan fingerprint density at radius 1 is 1.46 bits per heavy atom. The van der Waals surface area contributed by atoms with Gasteiger partial charge in [0, 0.05) is 0 Å². The van der Waals surface area contributed by atoms with E-state index in [2.05, 4.69) is 16.2 Å². The van der Waals surface area contributed by atoms with Gasteiger partial charge in [0.1, 0.15) is 36.2 Å². The molecule has 2 aromatic heterocycles. The minimum absolute atomic E-state index is 0.227. The van der Waals surface area contributed by atoms with Crippen LogP contribution in [-0.4, -0.2) is 50.4 Å². The Balaban J connectivity index is 1.97. The third-order valence-corrected chi connectivity index (χ3v) is 4.22. The van der Waals surface area contributed by atoms with E-state index in [1.165, 1.54) is 10.8 Å². The highest BCUT2D eigenvalue weighted by Gasteiger charge is 2.65. The number of fused-ring (bicyclic) bond motifs is 2. The van der Waals surface area contributed by atoms with Gasteiger partial charge in [-0.3, -0.25) is 0 Å². The van der Waals surface area contributed by atoms with Gasteiger partial charge in [-0.1, -0.05) is 0 Å². The van der Waals surface area contributed by atoms with Crippen molar-refractivity contribution < 1.29 is 20.7 Å². The van der Waals surface area contributed by atoms with Crippen LogP contribution in [0.1, 0.15) is 20.9 Å². The highest BCUT2D eigenvalue weighted by Crippen LogP contribution is 2.49. The van der Waals surface area contributed by atoms with Crippen molar-refractivity contribution >= 4 is 11.3 Å². The van der Waals surface area contributed by atoms with Gasteiger partial charge in [-0.05, 0) is 26.0 Å². The Bertz CT molecular complexity index is 896. The molecular weight excluding hydrogens is 314 g/mol. The number of hydrogen-bond donors (Lipinski definition) is 2. The van der Waals surface area contributed by atoms with E-state index < -0.39 is 36.3 Å². The first-order chi connectivity index (χ1) is 11.8. The molecule has 0 radical (unpaired) electrons. The van der Waals surface area contributed by atoms with E-state index >= 15 is 0 Å². The second-order valence-corrected chi connectivity index (χ2v) is 6.20. The number of nitrogens with two attached hydrogens (primary N) is 1. The van der Waals surface area contributed by atoms with Crippen molar-refractivity contribution in [3.63, 3.8) is 0 Å². The summed E-state index contributed by atoms with van der Waals surface area (Å²) in [6, 6.07) is 5.28. The summed E-state index contributed by atoms with van der Waals surface area (Å²) in [4.78, 5) is 3.91. The molecule has 0 saturated carbocycles. The van der Waals surface area contributed by atoms with Crippen molar-refractivity contribution in [1.82, 2.24) is 14.6 Å². The SMILES string of the molecule is [2H][C@@]12OC(C)(C)O[C@@H]1[C@@H](CO)O[C@@]2(C#N)c1ccc2c(N)ncnn12. The Labute approximate surface area is 139 Å². The lowest BCUT2D eigenvalue weighted by atomic mass is 9.92. The van der Waals surface area contributed by atoms with Crippen LogP contribution in [0.2, 0.25) is 0 Å². The van der Waals surface area contributed by atoms with Crippen molar-refractivity contribution in [2.75, 3.05) is 12.3 Å². The van der Waals surface area contributed by atoms with Gasteiger partial charge in [0.05, 0.1) is 13.7 Å². The standard InChI is InChI=1S/C15H17N5O4/c1-14(2)23-11-9(5-21)22-15(6-16,12(11)24-14)10-4-3-8-13(17)18-7-19-20(8)10/h3-4,7,9,11-12,21H,5H2,1-2H3,(H2,17,18,19)/t9-,11-,12-,15+/m1/s1/i12D. The third-order valence-electron chi connectivity index (χ3n) is 4.22. The van der Waals surface area contributed by atoms with Gasteiger partial charge in [0.25, 0.3) is 0 Å². The second kappa shape index (κ2) is 4.87. The molecule has 0 unspecified atom stereocenters. The average molecular weight is 332 g/mol. The maximum absolute atomic E-state index is 10.0. The van der Waals surface area contributed by atoms with Crippen LogP contribution in [-0.2, 0) is 19.8 Å². The first-order valence-corrected chi connectivity index (χ1v) is 7.44. The Hall–Kier alpha value is -2.25. The molecule has 4 rings (SSSR count). The van der Waals surface area contributed by atoms with E-state index in [0.717, 1.165) is 0 Å². The molecule has 4 heterocycles. The molecular formula is C15H17N5O4. The van der Waals surface area contributed by atoms with Crippen LogP contribution in [0.3, 0.4) is 0 Å². The number of aliphatic hydroxyl groups is 1. The molecule has 0 bridgehead atoms. The number of aromatic nitrogens is 3. The number of anilines is 1. The number of nitrogens with zero attached hydrogens (tertiary/aromatic N) is 4. The number of hydrogen-bond acceptors (Lipinski definition) is 8. The first kappa shape index (κ1) is 14.1. The summed E-state index contributed by atoms with van der Waals surface area (Å²) in [6.07, 6.45) is -2.49. The summed E-state index contributed by atoms with van der Waals surface area (Å²) in [5, 5.41) is 23.8. The van der Waals surface area contributed by atoms with Crippen LogP contribution in [0, 0.1) is 11.3 Å². The Kier molecular flexibility index (Phi) is 2.87. The maximum Gasteiger partial charge on any atom is 0.226 e. The summed E-state index contributed by atoms with van der Waals surface area (Å²) >= 11 is 0. The number of ether oxygens (including phenoxy) is 3. The Morgan fingerprint density at radius 2 is 2.25 bits per heavy atom. The molecule has 126 valence electrons. The van der Waals surface area contributed by atoms with Gasteiger partial charge >= 0.3 is 0 Å². The van der Waals surface area contributed by atoms with Gasteiger partial charge in [0.2, 0.25) is 5.60 Å². The lowest BCUT2D eigenvalue weighted by molar-refractivity contribution is -0.204. The number of aliphatic hydroxyl groups excluding tert-OH is 1. The summed E-state index contributed by atoms with van der Waals surface area (Å²) in [7, 11) is 0. The summed E-state index contributed by atoms with van der Waals surface area (Å²) in [5.74, 6) is -0.877. The van der Waals surface area contributed by atoms with E-state index in [-0.39, 0.29) is 11.5 Å². The monoisotopic (exact) mass is 332 g/mol. The summed E-state index contributed by atoms with van der Waals surface area (Å²) in [6.45, 7) is 2.87. The molecule has 0 amide bonds. The van der Waals surface area contributed by atoms with Gasteiger partial charge in [0.15, 0.2) is 11.6 Å². The molecule has 2 aromatic rings. The molecule has 2 fully saturated rings. The zero-order chi connectivity index (χ0) is 18.0. The molecule has 9 heteroatoms. The molecule has 2 saturated heterocycles. The molecule has 4 atom stereocenters. The number of nitrogen functional groups attached to an aromatic ring is 1. The fourth-order valence-electron chi connectivity index (χ4n) is 3.25. The second-order valence-electron chi connectivity index (χ2n) is 6.20. The van der Waals surface area contributed by atoms with Crippen LogP contribution in [0.25, 0.3) is 5.52 Å². The minimum Gasteiger partial charge on any atom is -0.394 e. The summed E-state index contributed by atoms with van der Waals surface area (Å²) < 4.78 is 27.7. The smallest absolute Gasteiger partial charge is 0.226 e. The molecule has 2 aliphatic rings. The van der Waals surface area contributed by atoms with Crippen molar-refractivity contribution in [2.24, 2.45) is 0 Å². The molecule has 24 heavy (non-hydrogen) atoms. The van der Waals surface area contributed by atoms with E-state index in [0.29, 0.717) is 5.52 Å². The quantitative estimate of drug-likeness (QED) is 0.783. The van der Waals surface area contributed by atoms with Gasteiger partial charge in [-0.25, -0.2) is 9.50 Å². The minimum atomic E-state index is -1.90. The van der Waals surface area contributed by atoms with E-state index in [4.69, 9.17) is 21.3 Å². The molecule has 0 spiro atoms. The largest absolute Gasteiger partial charge is 0.394 e.